The first-order valence-electron chi connectivity index (χ1n) is 10.1. The van der Waals surface area contributed by atoms with Crippen molar-refractivity contribution in [3.05, 3.63) is 11.6 Å². The number of carbonyl (C=O) groups is 1. The third-order valence-corrected chi connectivity index (χ3v) is 8.36. The van der Waals surface area contributed by atoms with Gasteiger partial charge in [-0.1, -0.05) is 25.5 Å². The van der Waals surface area contributed by atoms with E-state index in [-0.39, 0.29) is 11.4 Å². The second-order valence-electron chi connectivity index (χ2n) is 9.24. The summed E-state index contributed by atoms with van der Waals surface area (Å²) in [6.07, 6.45) is 10.3. The molecule has 134 valence electrons. The maximum absolute atomic E-state index is 12.7. The minimum absolute atomic E-state index is 0.0340. The molecule has 6 atom stereocenters. The van der Waals surface area contributed by atoms with Crippen LogP contribution < -0.4 is 0 Å². The highest BCUT2D eigenvalue weighted by atomic mass is 16.3. The molecule has 24 heavy (non-hydrogen) atoms. The van der Waals surface area contributed by atoms with E-state index in [1.165, 1.54) is 25.7 Å². The van der Waals surface area contributed by atoms with Crippen LogP contribution in [0.5, 0.6) is 0 Å². The first-order chi connectivity index (χ1) is 11.4. The molecule has 3 fully saturated rings. The topological polar surface area (TPSA) is 40.5 Å². The van der Waals surface area contributed by atoms with Crippen LogP contribution in [0.15, 0.2) is 11.6 Å². The number of amides is 1. The molecule has 0 bridgehead atoms. The summed E-state index contributed by atoms with van der Waals surface area (Å²) in [6, 6.07) is 0. The number of nitrogens with zero attached hydrogens (tertiary/aromatic N) is 1. The monoisotopic (exact) mass is 331 g/mol. The van der Waals surface area contributed by atoms with E-state index < -0.39 is 6.10 Å². The van der Waals surface area contributed by atoms with E-state index in [2.05, 4.69) is 31.7 Å². The van der Waals surface area contributed by atoms with E-state index in [9.17, 15) is 9.90 Å². The quantitative estimate of drug-likeness (QED) is 0.740. The van der Waals surface area contributed by atoms with Crippen molar-refractivity contribution in [2.75, 3.05) is 6.54 Å². The van der Waals surface area contributed by atoms with Gasteiger partial charge < -0.3 is 10.0 Å². The second kappa shape index (κ2) is 5.59. The molecule has 6 unspecified atom stereocenters. The fourth-order valence-electron chi connectivity index (χ4n) is 7.00. The average Bonchev–Trinajstić information content (AvgIpc) is 2.84. The predicted octanol–water partition coefficient (Wildman–Crippen LogP) is 3.91. The van der Waals surface area contributed by atoms with Crippen LogP contribution in [0, 0.1) is 23.2 Å². The third-order valence-electron chi connectivity index (χ3n) is 8.36. The number of aliphatic hydroxyl groups excluding tert-OH is 1. The molecule has 1 N–H and O–H groups in total. The molecule has 2 aliphatic heterocycles. The lowest BCUT2D eigenvalue weighted by molar-refractivity contribution is -0.151. The Balaban J connectivity index is 1.65. The lowest BCUT2D eigenvalue weighted by atomic mass is 9.52. The lowest BCUT2D eigenvalue weighted by Gasteiger charge is -2.59. The maximum Gasteiger partial charge on any atom is 0.225 e. The van der Waals surface area contributed by atoms with E-state index in [4.69, 9.17) is 0 Å². The number of hydrogen-bond donors (Lipinski definition) is 1. The highest BCUT2D eigenvalue weighted by Crippen LogP contribution is 2.62. The summed E-state index contributed by atoms with van der Waals surface area (Å²) >= 11 is 0. The summed E-state index contributed by atoms with van der Waals surface area (Å²) in [5.74, 6) is 2.32. The summed E-state index contributed by atoms with van der Waals surface area (Å²) in [5, 5.41) is 10.1. The number of rotatable bonds is 1. The Morgan fingerprint density at radius 1 is 1.21 bits per heavy atom. The van der Waals surface area contributed by atoms with Crippen molar-refractivity contribution >= 4 is 5.91 Å². The Labute approximate surface area is 146 Å². The zero-order valence-corrected chi connectivity index (χ0v) is 15.6. The summed E-state index contributed by atoms with van der Waals surface area (Å²) in [4.78, 5) is 14.8. The van der Waals surface area contributed by atoms with Crippen molar-refractivity contribution in [1.29, 1.82) is 0 Å². The molecule has 0 aromatic rings. The van der Waals surface area contributed by atoms with Gasteiger partial charge in [0.1, 0.15) is 0 Å². The first kappa shape index (κ1) is 16.6. The van der Waals surface area contributed by atoms with Gasteiger partial charge in [-0.05, 0) is 75.0 Å². The molecule has 0 radical (unpaired) electrons. The summed E-state index contributed by atoms with van der Waals surface area (Å²) < 4.78 is 0. The zero-order valence-electron chi connectivity index (χ0n) is 15.6. The van der Waals surface area contributed by atoms with Gasteiger partial charge in [-0.15, -0.1) is 0 Å². The summed E-state index contributed by atoms with van der Waals surface area (Å²) in [7, 11) is 0. The lowest BCUT2D eigenvalue weighted by Crippen LogP contribution is -2.62. The van der Waals surface area contributed by atoms with Gasteiger partial charge in [-0.2, -0.15) is 0 Å². The molecule has 1 saturated carbocycles. The Kier molecular flexibility index (Phi) is 3.87. The molecule has 0 aromatic heterocycles. The third kappa shape index (κ3) is 2.16. The number of hydrogen-bond acceptors (Lipinski definition) is 2. The van der Waals surface area contributed by atoms with Crippen LogP contribution in [0.3, 0.4) is 0 Å². The standard InChI is InChI=1S/C21H33NO2/c1-4-14-5-6-17-16-9-12-22-19(24)13-15(23)7-11-21(22,3)18(16)8-10-20(14,17)2/h5,15-18,23H,4,6-13H2,1-3H3. The van der Waals surface area contributed by atoms with Crippen molar-refractivity contribution in [2.24, 2.45) is 23.2 Å². The van der Waals surface area contributed by atoms with Crippen LogP contribution in [0.25, 0.3) is 0 Å². The van der Waals surface area contributed by atoms with Gasteiger partial charge in [-0.3, -0.25) is 4.79 Å². The van der Waals surface area contributed by atoms with Crippen molar-refractivity contribution < 1.29 is 9.90 Å². The predicted molar refractivity (Wildman–Crippen MR) is 95.4 cm³/mol. The SMILES string of the molecule is CCC1=CCC2C3CCN4C(=O)CC(O)CCC4(C)C3CCC12C. The molecule has 0 aromatic carbocycles. The van der Waals surface area contributed by atoms with E-state index >= 15 is 0 Å². The number of allylic oxidation sites excluding steroid dienone is 2. The summed E-state index contributed by atoms with van der Waals surface area (Å²) in [5.41, 5.74) is 2.06. The second-order valence-corrected chi connectivity index (χ2v) is 9.24. The van der Waals surface area contributed by atoms with Gasteiger partial charge >= 0.3 is 0 Å². The van der Waals surface area contributed by atoms with Crippen molar-refractivity contribution in [1.82, 2.24) is 4.90 Å². The molecule has 1 amide bonds. The molecule has 2 saturated heterocycles. The minimum Gasteiger partial charge on any atom is -0.393 e. The van der Waals surface area contributed by atoms with Gasteiger partial charge in [-0.25, -0.2) is 0 Å². The normalized spacial score (nSPS) is 48.2. The largest absolute Gasteiger partial charge is 0.393 e. The number of fused-ring (bicyclic) bond motifs is 5. The molecule has 2 heterocycles. The summed E-state index contributed by atoms with van der Waals surface area (Å²) in [6.45, 7) is 8.04. The van der Waals surface area contributed by atoms with Crippen molar-refractivity contribution in [2.45, 2.75) is 83.8 Å². The van der Waals surface area contributed by atoms with Crippen molar-refractivity contribution in [3.63, 3.8) is 0 Å². The fourth-order valence-corrected chi connectivity index (χ4v) is 7.00. The number of aliphatic hydroxyl groups is 1. The van der Waals surface area contributed by atoms with E-state index in [0.717, 1.165) is 37.6 Å². The molecule has 4 aliphatic rings. The zero-order chi connectivity index (χ0) is 17.1. The van der Waals surface area contributed by atoms with Gasteiger partial charge in [0, 0.05) is 12.1 Å². The van der Waals surface area contributed by atoms with Crippen LogP contribution in [-0.2, 0) is 4.79 Å². The van der Waals surface area contributed by atoms with Crippen LogP contribution in [-0.4, -0.2) is 34.1 Å². The first-order valence-corrected chi connectivity index (χ1v) is 10.1. The Bertz CT molecular complexity index is 570. The maximum atomic E-state index is 12.7. The van der Waals surface area contributed by atoms with E-state index in [0.29, 0.717) is 17.8 Å². The Morgan fingerprint density at radius 2 is 2.00 bits per heavy atom. The molecule has 4 rings (SSSR count). The Morgan fingerprint density at radius 3 is 2.75 bits per heavy atom. The van der Waals surface area contributed by atoms with Gasteiger partial charge in [0.05, 0.1) is 12.5 Å². The smallest absolute Gasteiger partial charge is 0.225 e. The number of piperidine rings is 1. The van der Waals surface area contributed by atoms with E-state index in [1.54, 1.807) is 5.57 Å². The number of carbonyl (C=O) groups excluding carboxylic acids is 1. The Hall–Kier alpha value is -0.830. The molecule has 2 aliphatic carbocycles. The highest BCUT2D eigenvalue weighted by Gasteiger charge is 2.58. The molecule has 0 spiro atoms. The molecular formula is C21H33NO2. The van der Waals surface area contributed by atoms with Crippen molar-refractivity contribution in [3.8, 4) is 0 Å². The van der Waals surface area contributed by atoms with Crippen LogP contribution in [0.4, 0.5) is 0 Å². The molecule has 3 nitrogen and oxygen atoms in total. The van der Waals surface area contributed by atoms with Crippen LogP contribution in [0.1, 0.15) is 72.1 Å². The van der Waals surface area contributed by atoms with Crippen LogP contribution >= 0.6 is 0 Å². The van der Waals surface area contributed by atoms with Gasteiger partial charge in [0.15, 0.2) is 0 Å². The molecule has 3 heteroatoms. The fraction of sp³-hybridized carbons (Fsp3) is 0.857. The molecular weight excluding hydrogens is 298 g/mol. The van der Waals surface area contributed by atoms with Gasteiger partial charge in [0.25, 0.3) is 0 Å². The van der Waals surface area contributed by atoms with Crippen LogP contribution in [0.2, 0.25) is 0 Å². The average molecular weight is 332 g/mol. The van der Waals surface area contributed by atoms with Gasteiger partial charge in [0.2, 0.25) is 5.91 Å². The van der Waals surface area contributed by atoms with E-state index in [1.807, 2.05) is 0 Å². The minimum atomic E-state index is -0.438. The highest BCUT2D eigenvalue weighted by molar-refractivity contribution is 5.78.